The number of hydrogen-bond donors (Lipinski definition) is 2. The second kappa shape index (κ2) is 14.6. The summed E-state index contributed by atoms with van der Waals surface area (Å²) in [6.07, 6.45) is 0. The molecular formula is C48H38N4. The second-order valence-corrected chi connectivity index (χ2v) is 12.7. The monoisotopic (exact) mass is 670 g/mol. The molecular weight excluding hydrogens is 633 g/mol. The van der Waals surface area contributed by atoms with Crippen LogP contribution in [-0.2, 0) is 0 Å². The van der Waals surface area contributed by atoms with Gasteiger partial charge in [-0.15, -0.1) is 0 Å². The van der Waals surface area contributed by atoms with Crippen LogP contribution in [0.15, 0.2) is 182 Å². The van der Waals surface area contributed by atoms with Gasteiger partial charge in [-0.25, -0.2) is 9.97 Å². The summed E-state index contributed by atoms with van der Waals surface area (Å²) < 4.78 is 0. The van der Waals surface area contributed by atoms with Gasteiger partial charge in [-0.3, -0.25) is 0 Å². The summed E-state index contributed by atoms with van der Waals surface area (Å²) in [4.78, 5) is 10.8. The number of benzene rings is 7. The van der Waals surface area contributed by atoms with E-state index in [1.807, 2.05) is 32.3 Å². The maximum atomic E-state index is 5.41. The van der Waals surface area contributed by atoms with E-state index in [-0.39, 0.29) is 0 Å². The second-order valence-electron chi connectivity index (χ2n) is 12.7. The fourth-order valence-corrected chi connectivity index (χ4v) is 6.73. The quantitative estimate of drug-likeness (QED) is 0.160. The van der Waals surface area contributed by atoms with Crippen LogP contribution in [0, 0.1) is 0 Å². The molecule has 0 saturated carbocycles. The zero-order chi connectivity index (χ0) is 35.3. The lowest BCUT2D eigenvalue weighted by molar-refractivity contribution is 1.21. The predicted octanol–water partition coefficient (Wildman–Crippen LogP) is 12.2. The Morgan fingerprint density at radius 2 is 0.692 bits per heavy atom. The van der Waals surface area contributed by atoms with Crippen LogP contribution >= 0.6 is 0 Å². The van der Waals surface area contributed by atoms with E-state index < -0.39 is 0 Å². The molecule has 4 heteroatoms. The molecule has 0 aliphatic rings. The molecule has 1 aromatic heterocycles. The topological polar surface area (TPSA) is 49.8 Å². The number of nitrogens with zero attached hydrogens (tertiary/aromatic N) is 2. The summed E-state index contributed by atoms with van der Waals surface area (Å²) >= 11 is 0. The van der Waals surface area contributed by atoms with Crippen molar-refractivity contribution >= 4 is 11.4 Å². The highest BCUT2D eigenvalue weighted by molar-refractivity contribution is 5.88. The number of hydrogen-bond acceptors (Lipinski definition) is 4. The van der Waals surface area contributed by atoms with Gasteiger partial charge >= 0.3 is 0 Å². The summed E-state index contributed by atoms with van der Waals surface area (Å²) in [5, 5.41) is 6.61. The lowest BCUT2D eigenvalue weighted by Crippen LogP contribution is -2.00. The molecule has 7 aromatic carbocycles. The minimum atomic E-state index is 0.850. The number of nitrogens with one attached hydrogen (secondary N) is 2. The average molecular weight is 671 g/mol. The SMILES string of the molecule is CNc1ccc(-c2ccc(NC)c(-c3cccc(-c4ccc(-c5nc(-c6ccccc6)c(-c6ccccc6)nc5-c5ccccc5)cc4)c3)c2)cc1. The van der Waals surface area contributed by atoms with Gasteiger partial charge in [0.2, 0.25) is 0 Å². The van der Waals surface area contributed by atoms with Crippen molar-refractivity contribution in [3.63, 3.8) is 0 Å². The van der Waals surface area contributed by atoms with Gasteiger partial charge in [-0.2, -0.15) is 0 Å². The van der Waals surface area contributed by atoms with Crippen molar-refractivity contribution < 1.29 is 0 Å². The van der Waals surface area contributed by atoms with Gasteiger partial charge in [-0.05, 0) is 58.1 Å². The Kier molecular flexibility index (Phi) is 9.10. The first-order valence-electron chi connectivity index (χ1n) is 17.6. The molecule has 0 atom stereocenters. The normalized spacial score (nSPS) is 10.9. The van der Waals surface area contributed by atoms with Crippen molar-refractivity contribution in [2.45, 2.75) is 0 Å². The number of aromatic nitrogens is 2. The van der Waals surface area contributed by atoms with Gasteiger partial charge in [0.05, 0.1) is 22.8 Å². The van der Waals surface area contributed by atoms with Gasteiger partial charge in [0.15, 0.2) is 0 Å². The molecule has 8 aromatic rings. The molecule has 0 fully saturated rings. The molecule has 0 spiro atoms. The largest absolute Gasteiger partial charge is 0.388 e. The Labute approximate surface area is 305 Å². The Bertz CT molecular complexity index is 2440. The van der Waals surface area contributed by atoms with Crippen LogP contribution in [0.5, 0.6) is 0 Å². The molecule has 0 aliphatic heterocycles. The first kappa shape index (κ1) is 32.4. The lowest BCUT2D eigenvalue weighted by atomic mass is 9.94. The molecule has 0 aliphatic carbocycles. The minimum Gasteiger partial charge on any atom is -0.388 e. The maximum absolute atomic E-state index is 5.41. The van der Waals surface area contributed by atoms with E-state index in [1.165, 1.54) is 11.1 Å². The first-order chi connectivity index (χ1) is 25.7. The summed E-state index contributed by atoms with van der Waals surface area (Å²) in [6.45, 7) is 0. The zero-order valence-corrected chi connectivity index (χ0v) is 29.2. The van der Waals surface area contributed by atoms with Crippen molar-refractivity contribution in [2.24, 2.45) is 0 Å². The summed E-state index contributed by atoms with van der Waals surface area (Å²) in [6, 6.07) is 63.7. The fraction of sp³-hybridized carbons (Fsp3) is 0.0417. The van der Waals surface area contributed by atoms with Crippen molar-refractivity contribution in [3.05, 3.63) is 182 Å². The third-order valence-corrected chi connectivity index (χ3v) is 9.50. The Morgan fingerprint density at radius 3 is 1.17 bits per heavy atom. The van der Waals surface area contributed by atoms with Crippen molar-refractivity contribution in [2.75, 3.05) is 24.7 Å². The third kappa shape index (κ3) is 6.58. The van der Waals surface area contributed by atoms with E-state index in [0.29, 0.717) is 0 Å². The van der Waals surface area contributed by atoms with Crippen LogP contribution in [0.2, 0.25) is 0 Å². The molecule has 8 rings (SSSR count). The highest BCUT2D eigenvalue weighted by Crippen LogP contribution is 2.39. The molecule has 1 heterocycles. The standard InChI is InChI=1S/C48H38N4/c1-49-42-28-25-34(26-29-42)40-27-30-44(50-2)43(32-40)41-20-12-19-39(31-41)33-21-23-38(24-22-33)48-47(37-17-10-5-11-18-37)51-45(35-13-6-3-7-14-35)46(52-48)36-15-8-4-9-16-36/h3-32,49-50H,1-2H3. The van der Waals surface area contributed by atoms with E-state index in [0.717, 1.165) is 78.7 Å². The predicted molar refractivity (Wildman–Crippen MR) is 219 cm³/mol. The zero-order valence-electron chi connectivity index (χ0n) is 29.2. The van der Waals surface area contributed by atoms with Gasteiger partial charge < -0.3 is 10.6 Å². The lowest BCUT2D eigenvalue weighted by Gasteiger charge is -2.16. The highest BCUT2D eigenvalue weighted by atomic mass is 14.9. The summed E-state index contributed by atoms with van der Waals surface area (Å²) in [5.41, 5.74) is 16.7. The Balaban J connectivity index is 1.20. The molecule has 4 nitrogen and oxygen atoms in total. The van der Waals surface area contributed by atoms with Crippen LogP contribution in [-0.4, -0.2) is 24.1 Å². The van der Waals surface area contributed by atoms with E-state index in [9.17, 15) is 0 Å². The van der Waals surface area contributed by atoms with Crippen LogP contribution < -0.4 is 10.6 Å². The maximum Gasteiger partial charge on any atom is 0.0973 e. The third-order valence-electron chi connectivity index (χ3n) is 9.50. The van der Waals surface area contributed by atoms with E-state index in [4.69, 9.17) is 9.97 Å². The average Bonchev–Trinajstić information content (AvgIpc) is 3.24. The van der Waals surface area contributed by atoms with Crippen LogP contribution in [0.3, 0.4) is 0 Å². The van der Waals surface area contributed by atoms with Gasteiger partial charge in [0, 0.05) is 53.3 Å². The molecule has 0 unspecified atom stereocenters. The molecule has 0 bridgehead atoms. The molecule has 250 valence electrons. The molecule has 2 N–H and O–H groups in total. The van der Waals surface area contributed by atoms with Crippen LogP contribution in [0.25, 0.3) is 78.4 Å². The summed E-state index contributed by atoms with van der Waals surface area (Å²) in [7, 11) is 3.92. The Hall–Kier alpha value is -6.78. The van der Waals surface area contributed by atoms with Crippen molar-refractivity contribution in [1.29, 1.82) is 0 Å². The van der Waals surface area contributed by atoms with Gasteiger partial charge in [0.1, 0.15) is 0 Å². The van der Waals surface area contributed by atoms with E-state index in [2.05, 4.69) is 174 Å². The van der Waals surface area contributed by atoms with Gasteiger partial charge in [0.25, 0.3) is 0 Å². The molecule has 0 saturated heterocycles. The number of anilines is 2. The molecule has 0 amide bonds. The highest BCUT2D eigenvalue weighted by Gasteiger charge is 2.19. The van der Waals surface area contributed by atoms with E-state index >= 15 is 0 Å². The fourth-order valence-electron chi connectivity index (χ4n) is 6.73. The van der Waals surface area contributed by atoms with Gasteiger partial charge in [-0.1, -0.05) is 152 Å². The van der Waals surface area contributed by atoms with E-state index in [1.54, 1.807) is 0 Å². The number of rotatable bonds is 9. The van der Waals surface area contributed by atoms with Crippen molar-refractivity contribution in [3.8, 4) is 78.4 Å². The smallest absolute Gasteiger partial charge is 0.0973 e. The minimum absolute atomic E-state index is 0.850. The van der Waals surface area contributed by atoms with Crippen molar-refractivity contribution in [1.82, 2.24) is 9.97 Å². The first-order valence-corrected chi connectivity index (χ1v) is 17.6. The van der Waals surface area contributed by atoms with Crippen LogP contribution in [0.4, 0.5) is 11.4 Å². The molecule has 52 heavy (non-hydrogen) atoms. The summed E-state index contributed by atoms with van der Waals surface area (Å²) in [5.74, 6) is 0. The van der Waals surface area contributed by atoms with Crippen LogP contribution in [0.1, 0.15) is 0 Å². The molecule has 0 radical (unpaired) electrons. The Morgan fingerprint density at radius 1 is 0.308 bits per heavy atom.